The van der Waals surface area contributed by atoms with Gasteiger partial charge in [-0.25, -0.2) is 4.98 Å². The average Bonchev–Trinajstić information content (AvgIpc) is 2.05. The van der Waals surface area contributed by atoms with E-state index in [2.05, 4.69) is 18.8 Å². The molecule has 0 spiro atoms. The van der Waals surface area contributed by atoms with Gasteiger partial charge in [-0.05, 0) is 5.56 Å². The molecule has 11 heavy (non-hydrogen) atoms. The predicted octanol–water partition coefficient (Wildman–Crippen LogP) is 2.05. The minimum absolute atomic E-state index is 0.662. The van der Waals surface area contributed by atoms with E-state index >= 15 is 0 Å². The molecule has 0 aromatic carbocycles. The third-order valence-corrected chi connectivity index (χ3v) is 1.52. The molecule has 1 aromatic heterocycles. The first kappa shape index (κ1) is 8.05. The van der Waals surface area contributed by atoms with E-state index in [0.717, 1.165) is 5.56 Å². The number of methoxy groups -OCH3 is 1. The van der Waals surface area contributed by atoms with Crippen molar-refractivity contribution < 1.29 is 4.74 Å². The van der Waals surface area contributed by atoms with E-state index in [0.29, 0.717) is 5.88 Å². The maximum Gasteiger partial charge on any atom is 0.212 e. The Morgan fingerprint density at radius 1 is 1.36 bits per heavy atom. The minimum atomic E-state index is 0.662. The number of aromatic nitrogens is 1. The second kappa shape index (κ2) is 3.37. The van der Waals surface area contributed by atoms with Gasteiger partial charge >= 0.3 is 0 Å². The summed E-state index contributed by atoms with van der Waals surface area (Å²) in [5.74, 6) is 1.93. The molecule has 2 heteroatoms. The molecule has 0 saturated carbocycles. The van der Waals surface area contributed by atoms with Crippen LogP contribution < -0.4 is 4.74 Å². The molecule has 0 aliphatic rings. The van der Waals surface area contributed by atoms with E-state index in [-0.39, 0.29) is 0 Å². The van der Waals surface area contributed by atoms with Crippen molar-refractivity contribution in [3.8, 4) is 5.88 Å². The lowest BCUT2D eigenvalue weighted by molar-refractivity contribution is 0.397. The molecule has 59 valence electrons. The summed E-state index contributed by atoms with van der Waals surface area (Å²) in [4.78, 5) is 4.08. The van der Waals surface area contributed by atoms with Gasteiger partial charge in [-0.1, -0.05) is 19.9 Å². The highest BCUT2D eigenvalue weighted by atomic mass is 16.5. The van der Waals surface area contributed by atoms with Gasteiger partial charge in [-0.2, -0.15) is 0 Å². The summed E-state index contributed by atoms with van der Waals surface area (Å²) < 4.78 is 4.93. The Balaban J connectivity index is 2.83. The summed E-state index contributed by atoms with van der Waals surface area (Å²) in [5, 5.41) is 0. The van der Waals surface area contributed by atoms with Crippen molar-refractivity contribution in [1.82, 2.24) is 4.98 Å². The number of pyridine rings is 1. The smallest absolute Gasteiger partial charge is 0.212 e. The molecule has 0 bridgehead atoms. The Bertz CT molecular complexity index is 216. The Hall–Kier alpha value is -1.05. The van der Waals surface area contributed by atoms with Gasteiger partial charge in [0, 0.05) is 18.2 Å². The summed E-state index contributed by atoms with van der Waals surface area (Å²) in [6.45, 7) is 4.12. The summed E-state index contributed by atoms with van der Waals surface area (Å²) in [6, 6.07) is 3.86. The van der Waals surface area contributed by atoms with Crippen LogP contribution in [0.4, 0.5) is 0 Å². The maximum absolute atomic E-state index is 4.93. The van der Waals surface area contributed by atoms with Crippen molar-refractivity contribution in [2.24, 2.45) is 0 Å². The number of hydrogen-bond acceptors (Lipinski definition) is 2. The van der Waals surface area contributed by atoms with Crippen molar-refractivity contribution in [1.29, 1.82) is 0 Å². The van der Waals surface area contributed by atoms with Crippen molar-refractivity contribution in [2.75, 3.05) is 7.11 Å². The van der Waals surface area contributed by atoms with Crippen molar-refractivity contribution in [3.63, 3.8) is 0 Å². The summed E-state index contributed by atoms with van der Waals surface area (Å²) >= 11 is 0. The van der Waals surface area contributed by atoms with Crippen LogP contribution in [-0.2, 0) is 0 Å². The lowest BCUT2D eigenvalue weighted by atomic mass is 10.1. The predicted molar refractivity (Wildman–Crippen MR) is 44.5 cm³/mol. The van der Waals surface area contributed by atoms with Crippen molar-refractivity contribution in [3.05, 3.63) is 29.8 Å². The molecule has 1 heterocycles. The lowest BCUT2D eigenvalue weighted by Gasteiger charge is -2.03. The van der Waals surface area contributed by atoms with Gasteiger partial charge in [0.2, 0.25) is 5.88 Å². The molecule has 1 radical (unpaired) electrons. The quantitative estimate of drug-likeness (QED) is 0.643. The Morgan fingerprint density at radius 2 is 2.09 bits per heavy atom. The Labute approximate surface area is 67.2 Å². The zero-order valence-corrected chi connectivity index (χ0v) is 7.09. The van der Waals surface area contributed by atoms with E-state index in [1.807, 2.05) is 18.3 Å². The van der Waals surface area contributed by atoms with Crippen LogP contribution >= 0.6 is 0 Å². The summed E-state index contributed by atoms with van der Waals surface area (Å²) in [7, 11) is 1.62. The third kappa shape index (κ3) is 1.93. The molecular formula is C9H12NO. The fraction of sp³-hybridized carbons (Fsp3) is 0.333. The van der Waals surface area contributed by atoms with Crippen LogP contribution in [0, 0.1) is 5.92 Å². The molecule has 0 N–H and O–H groups in total. The van der Waals surface area contributed by atoms with Crippen LogP contribution in [0.25, 0.3) is 0 Å². The molecule has 0 amide bonds. The van der Waals surface area contributed by atoms with E-state index in [4.69, 9.17) is 4.74 Å². The van der Waals surface area contributed by atoms with Crippen molar-refractivity contribution >= 4 is 0 Å². The highest BCUT2D eigenvalue weighted by molar-refractivity contribution is 5.27. The van der Waals surface area contributed by atoms with Gasteiger partial charge in [0.1, 0.15) is 0 Å². The first-order chi connectivity index (χ1) is 5.24. The van der Waals surface area contributed by atoms with E-state index in [9.17, 15) is 0 Å². The molecule has 0 atom stereocenters. The largest absolute Gasteiger partial charge is 0.481 e. The van der Waals surface area contributed by atoms with Gasteiger partial charge in [0.25, 0.3) is 0 Å². The Kier molecular flexibility index (Phi) is 2.47. The van der Waals surface area contributed by atoms with Crippen LogP contribution in [0.2, 0.25) is 0 Å². The lowest BCUT2D eigenvalue weighted by Crippen LogP contribution is -1.91. The molecule has 2 nitrogen and oxygen atoms in total. The van der Waals surface area contributed by atoms with Crippen LogP contribution in [0.5, 0.6) is 5.88 Å². The zero-order chi connectivity index (χ0) is 8.27. The van der Waals surface area contributed by atoms with Gasteiger partial charge in [0.15, 0.2) is 0 Å². The normalized spacial score (nSPS) is 10.2. The van der Waals surface area contributed by atoms with Crippen LogP contribution in [-0.4, -0.2) is 12.1 Å². The number of nitrogens with zero attached hydrogens (tertiary/aromatic N) is 1. The van der Waals surface area contributed by atoms with Crippen LogP contribution in [0.1, 0.15) is 19.4 Å². The summed E-state index contributed by atoms with van der Waals surface area (Å²) in [6.07, 6.45) is 1.81. The Morgan fingerprint density at radius 3 is 2.45 bits per heavy atom. The van der Waals surface area contributed by atoms with Crippen LogP contribution in [0.15, 0.2) is 18.3 Å². The van der Waals surface area contributed by atoms with Gasteiger partial charge in [-0.3, -0.25) is 0 Å². The standard InChI is InChI=1S/C9H12NO/c1-7(2)8-4-5-9(11-3)10-6-8/h4-6H,1-3H3. The molecule has 0 aliphatic carbocycles. The molecule has 1 rings (SSSR count). The number of rotatable bonds is 2. The highest BCUT2D eigenvalue weighted by Crippen LogP contribution is 2.14. The van der Waals surface area contributed by atoms with Gasteiger partial charge in [0.05, 0.1) is 7.11 Å². The fourth-order valence-corrected chi connectivity index (χ4v) is 0.797. The van der Waals surface area contributed by atoms with E-state index in [1.165, 1.54) is 5.92 Å². The van der Waals surface area contributed by atoms with Crippen LogP contribution in [0.3, 0.4) is 0 Å². The third-order valence-electron chi connectivity index (χ3n) is 1.52. The first-order valence-corrected chi connectivity index (χ1v) is 3.54. The average molecular weight is 150 g/mol. The maximum atomic E-state index is 4.93. The fourth-order valence-electron chi connectivity index (χ4n) is 0.797. The van der Waals surface area contributed by atoms with Gasteiger partial charge in [-0.15, -0.1) is 0 Å². The SMILES string of the molecule is COc1ccc([C](C)C)cn1. The monoisotopic (exact) mass is 150 g/mol. The number of hydrogen-bond donors (Lipinski definition) is 0. The van der Waals surface area contributed by atoms with E-state index in [1.54, 1.807) is 7.11 Å². The molecule has 1 aromatic rings. The molecule has 0 unspecified atom stereocenters. The van der Waals surface area contributed by atoms with Crippen molar-refractivity contribution in [2.45, 2.75) is 13.8 Å². The molecular weight excluding hydrogens is 138 g/mol. The van der Waals surface area contributed by atoms with E-state index < -0.39 is 0 Å². The summed E-state index contributed by atoms with van der Waals surface area (Å²) in [5.41, 5.74) is 1.16. The first-order valence-electron chi connectivity index (χ1n) is 3.54. The topological polar surface area (TPSA) is 22.1 Å². The number of ether oxygens (including phenoxy) is 1. The highest BCUT2D eigenvalue weighted by Gasteiger charge is 1.99. The molecule has 0 fully saturated rings. The second-order valence-electron chi connectivity index (χ2n) is 2.59. The van der Waals surface area contributed by atoms with Gasteiger partial charge < -0.3 is 4.74 Å². The second-order valence-corrected chi connectivity index (χ2v) is 2.59. The minimum Gasteiger partial charge on any atom is -0.481 e. The zero-order valence-electron chi connectivity index (χ0n) is 7.09. The molecule has 0 aliphatic heterocycles. The molecule has 0 saturated heterocycles.